The number of carbonyl (C=O) groups excluding carboxylic acids is 1. The number of urea groups is 1. The fraction of sp³-hybridized carbons (Fsp3) is 0.537. The molecule has 2 amide bonds. The van der Waals surface area contributed by atoms with Gasteiger partial charge in [0, 0.05) is 36.2 Å². The number of carbonyl (C=O) groups is 1. The number of benzene rings is 3. The van der Waals surface area contributed by atoms with E-state index in [1.54, 1.807) is 0 Å². The number of hydrogen-bond acceptors (Lipinski definition) is 6. The summed E-state index contributed by atoms with van der Waals surface area (Å²) in [5, 5.41) is 27.3. The molecule has 8 nitrogen and oxygen atoms in total. The molecule has 49 heavy (non-hydrogen) atoms. The third kappa shape index (κ3) is 7.59. The largest absolute Gasteiger partial charge is 0.392 e. The summed E-state index contributed by atoms with van der Waals surface area (Å²) in [6.45, 7) is 5.25. The Balaban J connectivity index is 1.01. The molecule has 4 aliphatic carbocycles. The molecular formula is C41H53N3O5. The van der Waals surface area contributed by atoms with Gasteiger partial charge in [0.1, 0.15) is 0 Å². The highest BCUT2D eigenvalue weighted by atomic mass is 16.7. The van der Waals surface area contributed by atoms with Gasteiger partial charge in [0.05, 0.1) is 24.9 Å². The fourth-order valence-corrected chi connectivity index (χ4v) is 9.47. The lowest BCUT2D eigenvalue weighted by molar-refractivity contribution is -0.276. The SMILES string of the molecule is C[C@H]1[C@@H](CN(C)[C@@H](C)[C@H](O)c2ccccc2)O[C@@H](c2ccc(CNC(=O)NC34CC5CC(CC(C5)C3)C4)cc2)O[C@H]1c1ccc(CO)cc1. The monoisotopic (exact) mass is 667 g/mol. The van der Waals surface area contributed by atoms with Gasteiger partial charge in [-0.1, -0.05) is 85.8 Å². The maximum absolute atomic E-state index is 13.1. The van der Waals surface area contributed by atoms with E-state index in [4.69, 9.17) is 9.47 Å². The van der Waals surface area contributed by atoms with Crippen molar-refractivity contribution in [1.82, 2.24) is 15.5 Å². The van der Waals surface area contributed by atoms with Crippen LogP contribution in [-0.4, -0.2) is 52.4 Å². The second-order valence-corrected chi connectivity index (χ2v) is 15.6. The molecule has 6 atom stereocenters. The number of hydrogen-bond donors (Lipinski definition) is 4. The first-order valence-electron chi connectivity index (χ1n) is 18.3. The zero-order chi connectivity index (χ0) is 34.1. The maximum Gasteiger partial charge on any atom is 0.315 e. The lowest BCUT2D eigenvalue weighted by Crippen LogP contribution is -2.61. The Bertz CT molecular complexity index is 1510. The molecule has 5 aliphatic rings. The minimum Gasteiger partial charge on any atom is -0.392 e. The molecule has 5 fully saturated rings. The molecule has 1 aliphatic heterocycles. The van der Waals surface area contributed by atoms with E-state index in [0.29, 0.717) is 13.1 Å². The standard InChI is InChI=1S/C41H53N3O5/c1-26-36(24-44(3)27(2)37(46)33-7-5-4-6-8-33)48-39(49-38(26)34-13-11-29(25-45)12-14-34)35-15-9-28(10-16-35)23-42-40(47)43-41-20-30-17-31(21-41)19-32(18-30)22-41/h4-16,26-27,30-32,36-39,45-46H,17-25H2,1-3H3,(H2,42,43,47)/t26-,27-,30?,31?,32?,36+,37-,38+,39+,41?/m0/s1. The van der Waals surface area contributed by atoms with Gasteiger partial charge in [0.25, 0.3) is 0 Å². The third-order valence-electron chi connectivity index (χ3n) is 12.0. The van der Waals surface area contributed by atoms with E-state index in [1.807, 2.05) is 92.8 Å². The number of likely N-dealkylation sites (N-methyl/N-ethyl adjacent to an activating group) is 1. The Morgan fingerprint density at radius 1 is 0.878 bits per heavy atom. The predicted octanol–water partition coefficient (Wildman–Crippen LogP) is 6.79. The van der Waals surface area contributed by atoms with E-state index in [9.17, 15) is 15.0 Å². The van der Waals surface area contributed by atoms with Crippen molar-refractivity contribution in [3.63, 3.8) is 0 Å². The molecule has 8 rings (SSSR count). The number of rotatable bonds is 11. The average Bonchev–Trinajstić information content (AvgIpc) is 3.11. The molecule has 0 unspecified atom stereocenters. The summed E-state index contributed by atoms with van der Waals surface area (Å²) in [5.74, 6) is 2.39. The van der Waals surface area contributed by atoms with Gasteiger partial charge in [0.2, 0.25) is 0 Å². The second kappa shape index (κ2) is 14.5. The summed E-state index contributed by atoms with van der Waals surface area (Å²) in [7, 11) is 2.03. The predicted molar refractivity (Wildman–Crippen MR) is 189 cm³/mol. The molecule has 1 heterocycles. The van der Waals surface area contributed by atoms with E-state index >= 15 is 0 Å². The molecule has 0 aromatic heterocycles. The van der Waals surface area contributed by atoms with Crippen LogP contribution in [0, 0.1) is 23.7 Å². The van der Waals surface area contributed by atoms with Crippen LogP contribution in [-0.2, 0) is 22.6 Å². The minimum absolute atomic E-state index is 0.00667. The smallest absolute Gasteiger partial charge is 0.315 e. The summed E-state index contributed by atoms with van der Waals surface area (Å²) < 4.78 is 13.4. The molecule has 3 aromatic carbocycles. The highest BCUT2D eigenvalue weighted by Gasteiger charge is 2.51. The first-order chi connectivity index (χ1) is 23.7. The van der Waals surface area contributed by atoms with Crippen molar-refractivity contribution >= 4 is 6.03 Å². The van der Waals surface area contributed by atoms with Crippen LogP contribution in [0.1, 0.15) is 98.7 Å². The first-order valence-corrected chi connectivity index (χ1v) is 18.3. The van der Waals surface area contributed by atoms with Gasteiger partial charge < -0.3 is 30.3 Å². The van der Waals surface area contributed by atoms with E-state index in [1.165, 1.54) is 19.3 Å². The lowest BCUT2D eigenvalue weighted by Gasteiger charge is -2.56. The van der Waals surface area contributed by atoms with Crippen LogP contribution in [0.15, 0.2) is 78.9 Å². The lowest BCUT2D eigenvalue weighted by atomic mass is 9.53. The van der Waals surface area contributed by atoms with E-state index in [2.05, 4.69) is 22.5 Å². The van der Waals surface area contributed by atoms with Crippen LogP contribution in [0.4, 0.5) is 4.79 Å². The molecule has 4 saturated carbocycles. The van der Waals surface area contributed by atoms with E-state index in [0.717, 1.165) is 64.8 Å². The number of ether oxygens (including phenoxy) is 2. The van der Waals surface area contributed by atoms with Crippen LogP contribution in [0.5, 0.6) is 0 Å². The Morgan fingerprint density at radius 3 is 2.08 bits per heavy atom. The molecule has 1 saturated heterocycles. The van der Waals surface area contributed by atoms with Gasteiger partial charge >= 0.3 is 6.03 Å². The number of aliphatic hydroxyl groups excluding tert-OH is 2. The topological polar surface area (TPSA) is 103 Å². The van der Waals surface area contributed by atoms with Crippen molar-refractivity contribution in [2.75, 3.05) is 13.6 Å². The number of amides is 2. The van der Waals surface area contributed by atoms with Crippen molar-refractivity contribution < 1.29 is 24.5 Å². The summed E-state index contributed by atoms with van der Waals surface area (Å²) in [4.78, 5) is 15.2. The summed E-state index contributed by atoms with van der Waals surface area (Å²) >= 11 is 0. The average molecular weight is 668 g/mol. The Kier molecular flexibility index (Phi) is 10.1. The zero-order valence-electron chi connectivity index (χ0n) is 29.1. The molecule has 4 N–H and O–H groups in total. The van der Waals surface area contributed by atoms with Gasteiger partial charge in [-0.3, -0.25) is 4.90 Å². The summed E-state index contributed by atoms with van der Waals surface area (Å²) in [6, 6.07) is 25.7. The Morgan fingerprint density at radius 2 is 1.47 bits per heavy atom. The Hall–Kier alpha value is -3.27. The molecule has 262 valence electrons. The van der Waals surface area contributed by atoms with Crippen LogP contribution in [0.3, 0.4) is 0 Å². The minimum atomic E-state index is -0.630. The molecule has 0 spiro atoms. The highest BCUT2D eigenvalue weighted by molar-refractivity contribution is 5.75. The second-order valence-electron chi connectivity index (χ2n) is 15.6. The quantitative estimate of drug-likeness (QED) is 0.180. The van der Waals surface area contributed by atoms with Gasteiger partial charge in [-0.2, -0.15) is 0 Å². The van der Waals surface area contributed by atoms with Crippen LogP contribution in [0.2, 0.25) is 0 Å². The normalized spacial score (nSPS) is 31.8. The molecule has 0 radical (unpaired) electrons. The van der Waals surface area contributed by atoms with Crippen LogP contribution >= 0.6 is 0 Å². The summed E-state index contributed by atoms with van der Waals surface area (Å²) in [6.07, 6.45) is 5.85. The summed E-state index contributed by atoms with van der Waals surface area (Å²) in [5.41, 5.74) is 4.71. The molecule has 4 bridgehead atoms. The fourth-order valence-electron chi connectivity index (χ4n) is 9.47. The third-order valence-corrected chi connectivity index (χ3v) is 12.0. The van der Waals surface area contributed by atoms with Crippen molar-refractivity contribution in [2.24, 2.45) is 23.7 Å². The highest BCUT2D eigenvalue weighted by Crippen LogP contribution is 2.55. The number of nitrogens with one attached hydrogen (secondary N) is 2. The van der Waals surface area contributed by atoms with Crippen LogP contribution in [0.25, 0.3) is 0 Å². The van der Waals surface area contributed by atoms with Gasteiger partial charge in [-0.05, 0) is 92.5 Å². The Labute approximate surface area is 291 Å². The van der Waals surface area contributed by atoms with Gasteiger partial charge in [-0.25, -0.2) is 4.79 Å². The number of nitrogens with zero attached hydrogens (tertiary/aromatic N) is 1. The zero-order valence-corrected chi connectivity index (χ0v) is 29.1. The van der Waals surface area contributed by atoms with Crippen molar-refractivity contribution in [3.05, 3.63) is 107 Å². The first kappa shape index (κ1) is 34.2. The van der Waals surface area contributed by atoms with Crippen molar-refractivity contribution in [3.8, 4) is 0 Å². The maximum atomic E-state index is 13.1. The molecular weight excluding hydrogens is 614 g/mol. The molecule has 3 aromatic rings. The van der Waals surface area contributed by atoms with Gasteiger partial charge in [0.15, 0.2) is 6.29 Å². The van der Waals surface area contributed by atoms with Crippen molar-refractivity contribution in [1.29, 1.82) is 0 Å². The van der Waals surface area contributed by atoms with Gasteiger partial charge in [-0.15, -0.1) is 0 Å². The van der Waals surface area contributed by atoms with Crippen molar-refractivity contribution in [2.45, 2.75) is 102 Å². The van der Waals surface area contributed by atoms with Crippen LogP contribution < -0.4 is 10.6 Å². The number of aliphatic hydroxyl groups is 2. The van der Waals surface area contributed by atoms with E-state index < -0.39 is 12.4 Å². The molecule has 8 heteroatoms. The van der Waals surface area contributed by atoms with E-state index in [-0.39, 0.29) is 42.3 Å².